The van der Waals surface area contributed by atoms with Gasteiger partial charge in [0, 0.05) is 24.3 Å². The number of hydrogen-bond donors (Lipinski definition) is 1. The number of hydrogen-bond acceptors (Lipinski definition) is 3. The summed E-state index contributed by atoms with van der Waals surface area (Å²) in [6.07, 6.45) is 5.45. The summed E-state index contributed by atoms with van der Waals surface area (Å²) in [6.45, 7) is 3.97. The molecule has 3 nitrogen and oxygen atoms in total. The lowest BCUT2D eigenvalue weighted by Crippen LogP contribution is -2.12. The van der Waals surface area contributed by atoms with Crippen LogP contribution in [0.2, 0.25) is 0 Å². The van der Waals surface area contributed by atoms with E-state index in [-0.39, 0.29) is 6.04 Å². The maximum atomic E-state index is 6.16. The number of nitrogens with two attached hydrogens (primary N) is 1. The van der Waals surface area contributed by atoms with Crippen LogP contribution in [0.25, 0.3) is 0 Å². The molecule has 0 saturated carbocycles. The maximum absolute atomic E-state index is 6.16. The number of aromatic nitrogens is 2. The molecule has 0 spiro atoms. The fraction of sp³-hybridized carbons (Fsp3) is 0.231. The first-order chi connectivity index (χ1) is 7.66. The number of nitrogens with zero attached hydrogens (tertiary/aromatic N) is 2. The molecule has 2 N–H and O–H groups in total. The van der Waals surface area contributed by atoms with Crippen molar-refractivity contribution in [2.24, 2.45) is 5.73 Å². The molecule has 0 bridgehead atoms. The molecule has 0 aliphatic rings. The van der Waals surface area contributed by atoms with Gasteiger partial charge in [0.25, 0.3) is 0 Å². The molecule has 0 fully saturated rings. The van der Waals surface area contributed by atoms with Gasteiger partial charge in [0.05, 0.1) is 6.04 Å². The highest BCUT2D eigenvalue weighted by Gasteiger charge is 2.09. The van der Waals surface area contributed by atoms with Crippen LogP contribution in [0.4, 0.5) is 0 Å². The molecule has 0 aromatic carbocycles. The number of rotatable bonds is 2. The zero-order valence-electron chi connectivity index (χ0n) is 9.51. The van der Waals surface area contributed by atoms with Crippen LogP contribution in [0.15, 0.2) is 36.8 Å². The minimum Gasteiger partial charge on any atom is -0.320 e. The molecule has 0 radical (unpaired) electrons. The number of pyridine rings is 2. The average molecular weight is 213 g/mol. The van der Waals surface area contributed by atoms with Crippen LogP contribution in [0.5, 0.6) is 0 Å². The van der Waals surface area contributed by atoms with Gasteiger partial charge >= 0.3 is 0 Å². The highest BCUT2D eigenvalue weighted by Crippen LogP contribution is 2.18. The summed E-state index contributed by atoms with van der Waals surface area (Å²) in [6, 6.07) is 5.88. The summed E-state index contributed by atoms with van der Waals surface area (Å²) >= 11 is 0. The first kappa shape index (κ1) is 10.8. The van der Waals surface area contributed by atoms with E-state index in [4.69, 9.17) is 5.73 Å². The summed E-state index contributed by atoms with van der Waals surface area (Å²) < 4.78 is 0. The molecule has 0 aliphatic carbocycles. The molecule has 2 heterocycles. The van der Waals surface area contributed by atoms with E-state index in [0.29, 0.717) is 0 Å². The predicted octanol–water partition coefficient (Wildman–Crippen LogP) is 2.14. The molecule has 1 atom stereocenters. The van der Waals surface area contributed by atoms with Crippen molar-refractivity contribution in [2.75, 3.05) is 0 Å². The van der Waals surface area contributed by atoms with E-state index in [0.717, 1.165) is 22.4 Å². The van der Waals surface area contributed by atoms with Gasteiger partial charge in [0.15, 0.2) is 0 Å². The summed E-state index contributed by atoms with van der Waals surface area (Å²) in [4.78, 5) is 8.40. The van der Waals surface area contributed by atoms with Crippen molar-refractivity contribution in [2.45, 2.75) is 19.9 Å². The Balaban J connectivity index is 2.31. The molecule has 3 heteroatoms. The van der Waals surface area contributed by atoms with Crippen molar-refractivity contribution in [3.63, 3.8) is 0 Å². The first-order valence-corrected chi connectivity index (χ1v) is 5.26. The number of aryl methyl sites for hydroxylation is 2. The fourth-order valence-electron chi connectivity index (χ4n) is 1.60. The van der Waals surface area contributed by atoms with Crippen molar-refractivity contribution in [3.05, 3.63) is 59.2 Å². The Morgan fingerprint density at radius 2 is 1.88 bits per heavy atom. The Kier molecular flexibility index (Phi) is 2.97. The van der Waals surface area contributed by atoms with Crippen LogP contribution in [-0.4, -0.2) is 9.97 Å². The minimum absolute atomic E-state index is 0.152. The minimum atomic E-state index is -0.152. The maximum Gasteiger partial charge on any atom is 0.0582 e. The second-order valence-electron chi connectivity index (χ2n) is 4.01. The third kappa shape index (κ3) is 2.25. The summed E-state index contributed by atoms with van der Waals surface area (Å²) in [7, 11) is 0. The zero-order valence-corrected chi connectivity index (χ0v) is 9.51. The van der Waals surface area contributed by atoms with Gasteiger partial charge in [-0.05, 0) is 36.6 Å². The van der Waals surface area contributed by atoms with Crippen molar-refractivity contribution >= 4 is 0 Å². The van der Waals surface area contributed by atoms with Gasteiger partial charge < -0.3 is 5.73 Å². The Labute approximate surface area is 95.4 Å². The summed E-state index contributed by atoms with van der Waals surface area (Å²) in [5.41, 5.74) is 10.3. The Morgan fingerprint density at radius 1 is 1.06 bits per heavy atom. The van der Waals surface area contributed by atoms with Gasteiger partial charge in [-0.15, -0.1) is 0 Å². The molecule has 2 aromatic heterocycles. The molecule has 0 amide bonds. The molecule has 16 heavy (non-hydrogen) atoms. The largest absolute Gasteiger partial charge is 0.320 e. The molecular weight excluding hydrogens is 198 g/mol. The van der Waals surface area contributed by atoms with E-state index in [1.165, 1.54) is 0 Å². The first-order valence-electron chi connectivity index (χ1n) is 5.26. The van der Waals surface area contributed by atoms with Gasteiger partial charge in [-0.25, -0.2) is 0 Å². The lowest BCUT2D eigenvalue weighted by Gasteiger charge is -2.12. The van der Waals surface area contributed by atoms with Crippen molar-refractivity contribution in [1.82, 2.24) is 9.97 Å². The van der Waals surface area contributed by atoms with E-state index >= 15 is 0 Å². The SMILES string of the molecule is Cc1cncc(C(N)c2ccc(C)nc2)c1. The van der Waals surface area contributed by atoms with E-state index in [1.807, 2.05) is 38.4 Å². The molecule has 0 saturated heterocycles. The van der Waals surface area contributed by atoms with E-state index in [9.17, 15) is 0 Å². The normalized spacial score (nSPS) is 12.4. The second-order valence-corrected chi connectivity index (χ2v) is 4.01. The Hall–Kier alpha value is -1.74. The van der Waals surface area contributed by atoms with Gasteiger partial charge in [0.2, 0.25) is 0 Å². The smallest absolute Gasteiger partial charge is 0.0582 e. The van der Waals surface area contributed by atoms with Crippen LogP contribution >= 0.6 is 0 Å². The van der Waals surface area contributed by atoms with Crippen LogP contribution < -0.4 is 5.73 Å². The van der Waals surface area contributed by atoms with Crippen molar-refractivity contribution in [3.8, 4) is 0 Å². The van der Waals surface area contributed by atoms with Gasteiger partial charge in [-0.2, -0.15) is 0 Å². The lowest BCUT2D eigenvalue weighted by molar-refractivity contribution is 0.850. The summed E-state index contributed by atoms with van der Waals surface area (Å²) in [5, 5.41) is 0. The van der Waals surface area contributed by atoms with Crippen LogP contribution in [0.3, 0.4) is 0 Å². The van der Waals surface area contributed by atoms with Gasteiger partial charge in [-0.3, -0.25) is 9.97 Å². The van der Waals surface area contributed by atoms with Crippen LogP contribution in [0.1, 0.15) is 28.4 Å². The van der Waals surface area contributed by atoms with E-state index < -0.39 is 0 Å². The third-order valence-corrected chi connectivity index (χ3v) is 2.55. The zero-order chi connectivity index (χ0) is 11.5. The predicted molar refractivity (Wildman–Crippen MR) is 64.0 cm³/mol. The molecule has 0 aliphatic heterocycles. The standard InChI is InChI=1S/C13H15N3/c1-9-5-12(7-15-6-9)13(14)11-4-3-10(2)16-8-11/h3-8,13H,14H2,1-2H3. The average Bonchev–Trinajstić information content (AvgIpc) is 2.29. The second kappa shape index (κ2) is 4.41. The van der Waals surface area contributed by atoms with E-state index in [1.54, 1.807) is 6.20 Å². The molecule has 2 rings (SSSR count). The molecular formula is C13H15N3. The molecule has 1 unspecified atom stereocenters. The lowest BCUT2D eigenvalue weighted by atomic mass is 10.0. The Bertz CT molecular complexity index is 477. The quantitative estimate of drug-likeness (QED) is 0.831. The van der Waals surface area contributed by atoms with Crippen molar-refractivity contribution < 1.29 is 0 Å². The molecule has 2 aromatic rings. The monoisotopic (exact) mass is 213 g/mol. The summed E-state index contributed by atoms with van der Waals surface area (Å²) in [5.74, 6) is 0. The third-order valence-electron chi connectivity index (χ3n) is 2.55. The van der Waals surface area contributed by atoms with Crippen LogP contribution in [0, 0.1) is 13.8 Å². The van der Waals surface area contributed by atoms with Gasteiger partial charge in [0.1, 0.15) is 0 Å². The molecule has 82 valence electrons. The topological polar surface area (TPSA) is 51.8 Å². The van der Waals surface area contributed by atoms with Crippen LogP contribution in [-0.2, 0) is 0 Å². The van der Waals surface area contributed by atoms with Crippen molar-refractivity contribution in [1.29, 1.82) is 0 Å². The fourth-order valence-corrected chi connectivity index (χ4v) is 1.60. The van der Waals surface area contributed by atoms with Gasteiger partial charge in [-0.1, -0.05) is 12.1 Å². The highest BCUT2D eigenvalue weighted by molar-refractivity contribution is 5.30. The highest BCUT2D eigenvalue weighted by atomic mass is 14.7. The Morgan fingerprint density at radius 3 is 2.50 bits per heavy atom. The van der Waals surface area contributed by atoms with E-state index in [2.05, 4.69) is 16.0 Å².